The molecule has 1 amide bonds. The maximum Gasteiger partial charge on any atom is 0.343 e. The highest BCUT2D eigenvalue weighted by Gasteiger charge is 2.22. The summed E-state index contributed by atoms with van der Waals surface area (Å²) in [6.07, 6.45) is 2.16. The van der Waals surface area contributed by atoms with Gasteiger partial charge in [-0.15, -0.1) is 0 Å². The lowest BCUT2D eigenvalue weighted by Crippen LogP contribution is -2.37. The second-order valence-corrected chi connectivity index (χ2v) is 4.71. The Balaban J connectivity index is 2.42. The molecule has 2 rings (SSSR count). The van der Waals surface area contributed by atoms with E-state index in [1.165, 1.54) is 6.08 Å². The van der Waals surface area contributed by atoms with Crippen LogP contribution in [0.3, 0.4) is 0 Å². The summed E-state index contributed by atoms with van der Waals surface area (Å²) in [4.78, 5) is 23.7. The molecule has 1 heterocycles. The van der Waals surface area contributed by atoms with Crippen LogP contribution in [0.1, 0.15) is 12.5 Å². The highest BCUT2D eigenvalue weighted by molar-refractivity contribution is 6.32. The summed E-state index contributed by atoms with van der Waals surface area (Å²) < 4.78 is 4.86. The summed E-state index contributed by atoms with van der Waals surface area (Å²) in [5, 5.41) is 13.2. The van der Waals surface area contributed by atoms with Crippen LogP contribution in [-0.4, -0.2) is 24.7 Å². The lowest BCUT2D eigenvalue weighted by Gasteiger charge is -2.22. The fourth-order valence-corrected chi connectivity index (χ4v) is 2.13. The molecule has 0 saturated heterocycles. The molecule has 0 aliphatic carbocycles. The third-order valence-corrected chi connectivity index (χ3v) is 3.19. The summed E-state index contributed by atoms with van der Waals surface area (Å²) in [6.45, 7) is 1.83. The second kappa shape index (κ2) is 6.91. The molecule has 114 valence electrons. The van der Waals surface area contributed by atoms with Crippen molar-refractivity contribution in [3.05, 3.63) is 52.3 Å². The molecule has 0 aromatic heterocycles. The number of halogens is 1. The van der Waals surface area contributed by atoms with Crippen molar-refractivity contribution in [3.63, 3.8) is 0 Å². The van der Waals surface area contributed by atoms with Gasteiger partial charge < -0.3 is 20.8 Å². The predicted molar refractivity (Wildman–Crippen MR) is 83.2 cm³/mol. The summed E-state index contributed by atoms with van der Waals surface area (Å²) in [5.41, 5.74) is 0.977. The van der Waals surface area contributed by atoms with E-state index >= 15 is 0 Å². The lowest BCUT2D eigenvalue weighted by atomic mass is 10.1. The molecule has 0 unspecified atom stereocenters. The Morgan fingerprint density at radius 3 is 2.73 bits per heavy atom. The van der Waals surface area contributed by atoms with Gasteiger partial charge in [-0.3, -0.25) is 4.79 Å². The molecule has 3 N–H and O–H groups in total. The van der Waals surface area contributed by atoms with E-state index in [4.69, 9.17) is 21.7 Å². The van der Waals surface area contributed by atoms with Crippen molar-refractivity contribution in [2.45, 2.75) is 6.92 Å². The fourth-order valence-electron chi connectivity index (χ4n) is 1.89. The van der Waals surface area contributed by atoms with Crippen LogP contribution in [0.2, 0.25) is 5.02 Å². The molecule has 0 atom stereocenters. The van der Waals surface area contributed by atoms with Gasteiger partial charge in [-0.1, -0.05) is 29.8 Å². The molecule has 7 heteroatoms. The number of esters is 1. The average Bonchev–Trinajstić information content (AvgIpc) is 2.48. The van der Waals surface area contributed by atoms with E-state index < -0.39 is 11.9 Å². The summed E-state index contributed by atoms with van der Waals surface area (Å²) >= 11 is 6.11. The van der Waals surface area contributed by atoms with E-state index in [2.05, 4.69) is 10.6 Å². The SMILES string of the molecule is CCOC(=O)/C(C=N)=C1/NC(=O)C=C(c2ccccc2Cl)N1. The van der Waals surface area contributed by atoms with Gasteiger partial charge in [-0.05, 0) is 13.0 Å². The lowest BCUT2D eigenvalue weighted by molar-refractivity contribution is -0.137. The number of carbonyl (C=O) groups excluding carboxylic acids is 2. The Bertz CT molecular complexity index is 695. The van der Waals surface area contributed by atoms with Crippen LogP contribution in [0.4, 0.5) is 0 Å². The monoisotopic (exact) mass is 319 g/mol. The molecule has 0 bridgehead atoms. The van der Waals surface area contributed by atoms with Crippen LogP contribution >= 0.6 is 11.6 Å². The summed E-state index contributed by atoms with van der Waals surface area (Å²) in [6, 6.07) is 6.99. The molecule has 1 aliphatic rings. The van der Waals surface area contributed by atoms with Crippen LogP contribution in [0, 0.1) is 5.41 Å². The van der Waals surface area contributed by atoms with Crippen LogP contribution in [-0.2, 0) is 14.3 Å². The first kappa shape index (κ1) is 15.8. The zero-order chi connectivity index (χ0) is 16.1. The average molecular weight is 320 g/mol. The third kappa shape index (κ3) is 3.35. The van der Waals surface area contributed by atoms with E-state index in [-0.39, 0.29) is 18.0 Å². The zero-order valence-corrected chi connectivity index (χ0v) is 12.5. The largest absolute Gasteiger partial charge is 0.462 e. The molecule has 0 spiro atoms. The number of nitrogens with one attached hydrogen (secondary N) is 3. The Morgan fingerprint density at radius 2 is 2.09 bits per heavy atom. The maximum absolute atomic E-state index is 11.8. The number of amides is 1. The van der Waals surface area contributed by atoms with E-state index in [9.17, 15) is 9.59 Å². The maximum atomic E-state index is 11.8. The highest BCUT2D eigenvalue weighted by Crippen LogP contribution is 2.24. The molecule has 1 aromatic rings. The Morgan fingerprint density at radius 1 is 1.36 bits per heavy atom. The standard InChI is InChI=1S/C15H14ClN3O3/c1-2-22-15(21)10(8-17)14-18-12(7-13(20)19-14)9-5-3-4-6-11(9)16/h3-8,17-18H,2H2,1H3,(H,19,20)/b14-10+,17-8?. The van der Waals surface area contributed by atoms with Crippen molar-refractivity contribution in [2.75, 3.05) is 6.61 Å². The van der Waals surface area contributed by atoms with Crippen molar-refractivity contribution in [1.82, 2.24) is 10.6 Å². The van der Waals surface area contributed by atoms with Crippen molar-refractivity contribution in [2.24, 2.45) is 0 Å². The van der Waals surface area contributed by atoms with Crippen LogP contribution in [0.25, 0.3) is 5.70 Å². The molecule has 0 saturated carbocycles. The number of carbonyl (C=O) groups is 2. The third-order valence-electron chi connectivity index (χ3n) is 2.86. The first-order chi connectivity index (χ1) is 10.6. The van der Waals surface area contributed by atoms with Gasteiger partial charge in [0, 0.05) is 22.9 Å². The van der Waals surface area contributed by atoms with Crippen LogP contribution < -0.4 is 10.6 Å². The first-order valence-corrected chi connectivity index (χ1v) is 6.91. The van der Waals surface area contributed by atoms with E-state index in [0.717, 1.165) is 6.21 Å². The summed E-state index contributed by atoms with van der Waals surface area (Å²) in [5.74, 6) is -1.02. The van der Waals surface area contributed by atoms with Gasteiger partial charge in [0.1, 0.15) is 11.4 Å². The van der Waals surface area contributed by atoms with Crippen molar-refractivity contribution >= 4 is 35.4 Å². The molecule has 0 fully saturated rings. The number of benzene rings is 1. The van der Waals surface area contributed by atoms with Crippen molar-refractivity contribution < 1.29 is 14.3 Å². The number of ether oxygens (including phenoxy) is 1. The molecule has 1 aliphatic heterocycles. The van der Waals surface area contributed by atoms with Gasteiger partial charge in [-0.2, -0.15) is 0 Å². The second-order valence-electron chi connectivity index (χ2n) is 4.31. The molecular weight excluding hydrogens is 306 g/mol. The zero-order valence-electron chi connectivity index (χ0n) is 11.8. The molecule has 0 radical (unpaired) electrons. The van der Waals surface area contributed by atoms with Gasteiger partial charge in [0.05, 0.1) is 12.3 Å². The predicted octanol–water partition coefficient (Wildman–Crippen LogP) is 1.82. The smallest absolute Gasteiger partial charge is 0.343 e. The topological polar surface area (TPSA) is 91.3 Å². The van der Waals surface area contributed by atoms with E-state index in [1.54, 1.807) is 31.2 Å². The van der Waals surface area contributed by atoms with E-state index in [1.807, 2.05) is 0 Å². The van der Waals surface area contributed by atoms with Crippen LogP contribution in [0.5, 0.6) is 0 Å². The van der Waals surface area contributed by atoms with Gasteiger partial charge >= 0.3 is 5.97 Å². The first-order valence-electron chi connectivity index (χ1n) is 6.53. The van der Waals surface area contributed by atoms with E-state index in [0.29, 0.717) is 16.3 Å². The minimum atomic E-state index is -0.694. The number of rotatable bonds is 4. The van der Waals surface area contributed by atoms with Gasteiger partial charge in [-0.25, -0.2) is 4.79 Å². The Labute approximate surface area is 132 Å². The minimum absolute atomic E-state index is 0.0761. The number of hydrogen-bond donors (Lipinski definition) is 3. The molecule has 1 aromatic carbocycles. The molecule has 6 nitrogen and oxygen atoms in total. The normalized spacial score (nSPS) is 16.1. The van der Waals surface area contributed by atoms with Crippen molar-refractivity contribution in [3.8, 4) is 0 Å². The summed E-state index contributed by atoms with van der Waals surface area (Å²) in [7, 11) is 0. The Hall–Kier alpha value is -2.60. The molecular formula is C15H14ClN3O3. The van der Waals surface area contributed by atoms with Crippen LogP contribution in [0.15, 0.2) is 41.7 Å². The van der Waals surface area contributed by atoms with Gasteiger partial charge in [0.15, 0.2) is 0 Å². The van der Waals surface area contributed by atoms with Gasteiger partial charge in [0.25, 0.3) is 5.91 Å². The Kier molecular flexibility index (Phi) is 4.95. The number of hydrogen-bond acceptors (Lipinski definition) is 5. The van der Waals surface area contributed by atoms with Crippen molar-refractivity contribution in [1.29, 1.82) is 5.41 Å². The molecule has 22 heavy (non-hydrogen) atoms. The van der Waals surface area contributed by atoms with Gasteiger partial charge in [0.2, 0.25) is 0 Å². The highest BCUT2D eigenvalue weighted by atomic mass is 35.5. The fraction of sp³-hybridized carbons (Fsp3) is 0.133. The minimum Gasteiger partial charge on any atom is -0.462 e. The quantitative estimate of drug-likeness (QED) is 0.448.